The predicted octanol–water partition coefficient (Wildman–Crippen LogP) is 1.80. The Kier molecular flexibility index (Phi) is 4.08. The van der Waals surface area contributed by atoms with Crippen molar-refractivity contribution in [1.29, 1.82) is 0 Å². The molecule has 1 rings (SSSR count). The number of carbonyl (C=O) groups is 1. The maximum Gasteiger partial charge on any atom is 0.170 e. The van der Waals surface area contributed by atoms with Crippen molar-refractivity contribution in [2.45, 2.75) is 38.7 Å². The molecule has 1 aliphatic rings. The second-order valence-corrected chi connectivity index (χ2v) is 3.83. The van der Waals surface area contributed by atoms with Crippen molar-refractivity contribution >= 4 is 5.78 Å². The molecular formula is C11H20O3. The van der Waals surface area contributed by atoms with Gasteiger partial charge in [0.15, 0.2) is 5.78 Å². The van der Waals surface area contributed by atoms with Gasteiger partial charge < -0.3 is 9.47 Å². The molecule has 0 bridgehead atoms. The van der Waals surface area contributed by atoms with Crippen LogP contribution in [0.25, 0.3) is 0 Å². The summed E-state index contributed by atoms with van der Waals surface area (Å²) in [6, 6.07) is 0. The van der Waals surface area contributed by atoms with E-state index in [1.807, 2.05) is 13.8 Å². The lowest BCUT2D eigenvalue weighted by molar-refractivity contribution is -0.146. The van der Waals surface area contributed by atoms with Crippen LogP contribution in [0.3, 0.4) is 0 Å². The second kappa shape index (κ2) is 4.89. The van der Waals surface area contributed by atoms with Crippen LogP contribution >= 0.6 is 0 Å². The summed E-state index contributed by atoms with van der Waals surface area (Å²) >= 11 is 0. The highest BCUT2D eigenvalue weighted by Crippen LogP contribution is 2.28. The Bertz CT molecular complexity index is 182. The number of Topliss-reactive ketones (excluding diaryl/α,β-unsaturated/α-hetero) is 1. The molecule has 82 valence electrons. The Hall–Kier alpha value is -0.410. The monoisotopic (exact) mass is 200 g/mol. The van der Waals surface area contributed by atoms with Gasteiger partial charge in [0.05, 0.1) is 6.61 Å². The molecule has 1 fully saturated rings. The average molecular weight is 200 g/mol. The minimum absolute atomic E-state index is 0.0508. The molecule has 0 aromatic carbocycles. The smallest absolute Gasteiger partial charge is 0.170 e. The minimum atomic E-state index is -0.571. The predicted molar refractivity (Wildman–Crippen MR) is 54.3 cm³/mol. The molecule has 0 N–H and O–H groups in total. The van der Waals surface area contributed by atoms with Gasteiger partial charge in [0.25, 0.3) is 0 Å². The SMILES string of the molecule is CCC(CC)(OC)C(=O)C1CCOC1. The molecule has 0 saturated carbocycles. The molecule has 3 heteroatoms. The molecule has 1 atom stereocenters. The van der Waals surface area contributed by atoms with Crippen molar-refractivity contribution in [3.05, 3.63) is 0 Å². The van der Waals surface area contributed by atoms with E-state index in [0.29, 0.717) is 13.2 Å². The van der Waals surface area contributed by atoms with Gasteiger partial charge >= 0.3 is 0 Å². The third-order valence-corrected chi connectivity index (χ3v) is 3.28. The average Bonchev–Trinajstić information content (AvgIpc) is 2.74. The van der Waals surface area contributed by atoms with E-state index in [2.05, 4.69) is 0 Å². The highest BCUT2D eigenvalue weighted by molar-refractivity contribution is 5.89. The number of ketones is 1. The molecule has 0 spiro atoms. The first kappa shape index (κ1) is 11.7. The molecule has 1 saturated heterocycles. The Balaban J connectivity index is 2.71. The first-order chi connectivity index (χ1) is 6.70. The van der Waals surface area contributed by atoms with E-state index in [1.165, 1.54) is 0 Å². The maximum absolute atomic E-state index is 12.2. The molecule has 14 heavy (non-hydrogen) atoms. The Morgan fingerprint density at radius 1 is 1.50 bits per heavy atom. The van der Waals surface area contributed by atoms with Crippen molar-refractivity contribution < 1.29 is 14.3 Å². The Morgan fingerprint density at radius 3 is 2.50 bits per heavy atom. The topological polar surface area (TPSA) is 35.5 Å². The molecule has 1 aliphatic heterocycles. The molecule has 0 aliphatic carbocycles. The minimum Gasteiger partial charge on any atom is -0.381 e. The summed E-state index contributed by atoms with van der Waals surface area (Å²) in [4.78, 5) is 12.2. The standard InChI is InChI=1S/C11H20O3/c1-4-11(5-2,13-3)10(12)9-6-7-14-8-9/h9H,4-8H2,1-3H3. The number of rotatable bonds is 5. The Labute approximate surface area is 85.8 Å². The lowest BCUT2D eigenvalue weighted by atomic mass is 9.84. The van der Waals surface area contributed by atoms with Gasteiger partial charge in [-0.25, -0.2) is 0 Å². The molecule has 0 radical (unpaired) electrons. The van der Waals surface area contributed by atoms with E-state index >= 15 is 0 Å². The first-order valence-electron chi connectivity index (χ1n) is 5.37. The van der Waals surface area contributed by atoms with Crippen molar-refractivity contribution in [3.8, 4) is 0 Å². The zero-order valence-corrected chi connectivity index (χ0v) is 9.34. The van der Waals surface area contributed by atoms with E-state index < -0.39 is 5.60 Å². The third kappa shape index (κ3) is 1.98. The van der Waals surface area contributed by atoms with E-state index in [9.17, 15) is 4.79 Å². The van der Waals surface area contributed by atoms with Gasteiger partial charge in [0, 0.05) is 19.6 Å². The van der Waals surface area contributed by atoms with Crippen molar-refractivity contribution in [3.63, 3.8) is 0 Å². The summed E-state index contributed by atoms with van der Waals surface area (Å²) in [5, 5.41) is 0. The largest absolute Gasteiger partial charge is 0.381 e. The highest BCUT2D eigenvalue weighted by atomic mass is 16.5. The van der Waals surface area contributed by atoms with Crippen molar-refractivity contribution in [2.75, 3.05) is 20.3 Å². The van der Waals surface area contributed by atoms with Crippen molar-refractivity contribution in [2.24, 2.45) is 5.92 Å². The summed E-state index contributed by atoms with van der Waals surface area (Å²) in [7, 11) is 1.63. The van der Waals surface area contributed by atoms with E-state index in [4.69, 9.17) is 9.47 Å². The van der Waals surface area contributed by atoms with Crippen LogP contribution in [0.4, 0.5) is 0 Å². The second-order valence-electron chi connectivity index (χ2n) is 3.83. The van der Waals surface area contributed by atoms with E-state index in [0.717, 1.165) is 19.3 Å². The summed E-state index contributed by atoms with van der Waals surface area (Å²) in [6.45, 7) is 5.29. The van der Waals surface area contributed by atoms with Gasteiger partial charge in [-0.05, 0) is 19.3 Å². The fourth-order valence-corrected chi connectivity index (χ4v) is 2.10. The highest BCUT2D eigenvalue weighted by Gasteiger charge is 2.40. The van der Waals surface area contributed by atoms with Gasteiger partial charge in [0.2, 0.25) is 0 Å². The van der Waals surface area contributed by atoms with Crippen LogP contribution in [0.1, 0.15) is 33.1 Å². The summed E-state index contributed by atoms with van der Waals surface area (Å²) in [6.07, 6.45) is 2.34. The fraction of sp³-hybridized carbons (Fsp3) is 0.909. The van der Waals surface area contributed by atoms with Crippen LogP contribution in [0.15, 0.2) is 0 Å². The zero-order chi connectivity index (χ0) is 10.6. The quantitative estimate of drug-likeness (QED) is 0.678. The first-order valence-corrected chi connectivity index (χ1v) is 5.37. The number of ether oxygens (including phenoxy) is 2. The lowest BCUT2D eigenvalue weighted by Gasteiger charge is -2.30. The molecule has 0 aromatic rings. The molecule has 3 nitrogen and oxygen atoms in total. The molecule has 1 unspecified atom stereocenters. The van der Waals surface area contributed by atoms with Gasteiger partial charge in [-0.1, -0.05) is 13.8 Å². The van der Waals surface area contributed by atoms with Crippen LogP contribution in [0.5, 0.6) is 0 Å². The van der Waals surface area contributed by atoms with Crippen LogP contribution < -0.4 is 0 Å². The van der Waals surface area contributed by atoms with Crippen LogP contribution in [0, 0.1) is 5.92 Å². The van der Waals surface area contributed by atoms with Crippen molar-refractivity contribution in [1.82, 2.24) is 0 Å². The molecule has 1 heterocycles. The van der Waals surface area contributed by atoms with Gasteiger partial charge in [-0.15, -0.1) is 0 Å². The number of carbonyl (C=O) groups excluding carboxylic acids is 1. The normalized spacial score (nSPS) is 22.6. The maximum atomic E-state index is 12.2. The van der Waals surface area contributed by atoms with Gasteiger partial charge in [-0.2, -0.15) is 0 Å². The van der Waals surface area contributed by atoms with Gasteiger partial charge in [0.1, 0.15) is 5.60 Å². The molecular weight excluding hydrogens is 180 g/mol. The molecule has 0 aromatic heterocycles. The fourth-order valence-electron chi connectivity index (χ4n) is 2.10. The number of methoxy groups -OCH3 is 1. The zero-order valence-electron chi connectivity index (χ0n) is 9.34. The van der Waals surface area contributed by atoms with Crippen LogP contribution in [-0.2, 0) is 14.3 Å². The van der Waals surface area contributed by atoms with E-state index in [1.54, 1.807) is 7.11 Å². The lowest BCUT2D eigenvalue weighted by Crippen LogP contribution is -2.43. The summed E-state index contributed by atoms with van der Waals surface area (Å²) < 4.78 is 10.6. The van der Waals surface area contributed by atoms with Gasteiger partial charge in [-0.3, -0.25) is 4.79 Å². The summed E-state index contributed by atoms with van der Waals surface area (Å²) in [5.74, 6) is 0.275. The summed E-state index contributed by atoms with van der Waals surface area (Å²) in [5.41, 5.74) is -0.571. The number of hydrogen-bond acceptors (Lipinski definition) is 3. The molecule has 0 amide bonds. The number of hydrogen-bond donors (Lipinski definition) is 0. The third-order valence-electron chi connectivity index (χ3n) is 3.28. The van der Waals surface area contributed by atoms with E-state index in [-0.39, 0.29) is 11.7 Å². The van der Waals surface area contributed by atoms with Crippen LogP contribution in [0.2, 0.25) is 0 Å². The Morgan fingerprint density at radius 2 is 2.14 bits per heavy atom. The van der Waals surface area contributed by atoms with Crippen LogP contribution in [-0.4, -0.2) is 31.7 Å².